The molecule has 0 fully saturated rings. The lowest BCUT2D eigenvalue weighted by molar-refractivity contribution is 0.590. The van der Waals surface area contributed by atoms with Gasteiger partial charge in [-0.1, -0.05) is 215 Å². The largest absolute Gasteiger partial charge is 0.310 e. The van der Waals surface area contributed by atoms with E-state index in [-0.39, 0.29) is 5.41 Å². The van der Waals surface area contributed by atoms with Crippen molar-refractivity contribution < 1.29 is 0 Å². The monoisotopic (exact) mass is 797 g/mol. The minimum Gasteiger partial charge on any atom is -0.310 e. The summed E-state index contributed by atoms with van der Waals surface area (Å²) in [6.45, 7) is 6.85. The van der Waals surface area contributed by atoms with Crippen molar-refractivity contribution in [2.24, 2.45) is 0 Å². The highest BCUT2D eigenvalue weighted by atomic mass is 15.1. The second kappa shape index (κ2) is 16.3. The minimum atomic E-state index is -0.455. The normalized spacial score (nSPS) is 12.7. The van der Waals surface area contributed by atoms with Crippen molar-refractivity contribution in [3.63, 3.8) is 0 Å². The average molecular weight is 798 g/mol. The lowest BCUT2D eigenvalue weighted by atomic mass is 9.68. The summed E-state index contributed by atoms with van der Waals surface area (Å²) in [5.41, 5.74) is 19.8. The first-order valence-corrected chi connectivity index (χ1v) is 21.9. The number of nitrogens with zero attached hydrogens (tertiary/aromatic N) is 1. The number of hydrogen-bond acceptors (Lipinski definition) is 1. The molecule has 0 spiro atoms. The van der Waals surface area contributed by atoms with Gasteiger partial charge in [-0.3, -0.25) is 0 Å². The Bertz CT molecular complexity index is 2910. The van der Waals surface area contributed by atoms with Gasteiger partial charge in [0, 0.05) is 17.1 Å². The van der Waals surface area contributed by atoms with Crippen LogP contribution in [0.25, 0.3) is 22.3 Å². The maximum absolute atomic E-state index is 2.44. The van der Waals surface area contributed by atoms with Crippen LogP contribution in [0.4, 0.5) is 17.1 Å². The standard InChI is InChI=1S/C61H51N/c1-60(2,3)48-31-35-51(36-32-48)62(52-37-33-50(34-38-52)61(49-24-11-6-12-25-49)58-29-17-15-27-56(58)57-28-16-18-30-59(57)61)53-39-40-55(47(43-53)42-45-21-9-5-10-22-45)54-26-14-13-23-46(54)41-44-19-7-4-8-20-44/h4-40,43H,41-42H2,1-3H3. The Morgan fingerprint density at radius 1 is 0.355 bits per heavy atom. The van der Waals surface area contributed by atoms with Crippen molar-refractivity contribution in [3.05, 3.63) is 281 Å². The van der Waals surface area contributed by atoms with Crippen LogP contribution in [0, 0.1) is 0 Å². The summed E-state index contributed by atoms with van der Waals surface area (Å²) in [5, 5.41) is 0. The Kier molecular flexibility index (Phi) is 10.3. The van der Waals surface area contributed by atoms with E-state index in [1.54, 1.807) is 0 Å². The molecule has 0 atom stereocenters. The second-order valence-electron chi connectivity index (χ2n) is 17.7. The first-order valence-electron chi connectivity index (χ1n) is 21.9. The molecule has 0 aliphatic heterocycles. The smallest absolute Gasteiger partial charge is 0.0713 e. The molecule has 0 heterocycles. The fraction of sp³-hybridized carbons (Fsp3) is 0.115. The SMILES string of the molecule is CC(C)(C)c1ccc(N(c2ccc(C3(c4ccccc4)c4ccccc4-c4ccccc43)cc2)c2ccc(-c3ccccc3Cc3ccccc3)c(Cc3ccccc3)c2)cc1. The van der Waals surface area contributed by atoms with Crippen molar-refractivity contribution in [2.75, 3.05) is 4.90 Å². The molecule has 1 heteroatoms. The van der Waals surface area contributed by atoms with Crippen LogP contribution < -0.4 is 4.90 Å². The van der Waals surface area contributed by atoms with Gasteiger partial charge >= 0.3 is 0 Å². The first-order chi connectivity index (χ1) is 30.4. The maximum atomic E-state index is 2.44. The third-order valence-electron chi connectivity index (χ3n) is 12.8. The third kappa shape index (κ3) is 7.14. The topological polar surface area (TPSA) is 3.24 Å². The summed E-state index contributed by atoms with van der Waals surface area (Å²) in [5.74, 6) is 0. The number of fused-ring (bicyclic) bond motifs is 3. The van der Waals surface area contributed by atoms with E-state index in [0.29, 0.717) is 0 Å². The summed E-state index contributed by atoms with van der Waals surface area (Å²) in [6.07, 6.45) is 1.69. The highest BCUT2D eigenvalue weighted by Crippen LogP contribution is 2.56. The quantitative estimate of drug-likeness (QED) is 0.133. The number of rotatable bonds is 10. The van der Waals surface area contributed by atoms with Crippen LogP contribution in [0.2, 0.25) is 0 Å². The fourth-order valence-electron chi connectivity index (χ4n) is 9.83. The Hall–Kier alpha value is -7.22. The molecule has 0 unspecified atom stereocenters. The maximum Gasteiger partial charge on any atom is 0.0713 e. The summed E-state index contributed by atoms with van der Waals surface area (Å²) >= 11 is 0. The van der Waals surface area contributed by atoms with Crippen molar-refractivity contribution in [1.82, 2.24) is 0 Å². The molecule has 9 aromatic rings. The number of anilines is 3. The molecule has 0 N–H and O–H groups in total. The van der Waals surface area contributed by atoms with E-state index in [1.807, 2.05) is 0 Å². The van der Waals surface area contributed by atoms with Crippen molar-refractivity contribution >= 4 is 17.1 Å². The second-order valence-corrected chi connectivity index (χ2v) is 17.7. The zero-order valence-electron chi connectivity index (χ0n) is 35.8. The van der Waals surface area contributed by atoms with Gasteiger partial charge in [-0.05, 0) is 127 Å². The zero-order valence-corrected chi connectivity index (χ0v) is 35.8. The molecule has 9 aromatic carbocycles. The van der Waals surface area contributed by atoms with Gasteiger partial charge < -0.3 is 4.90 Å². The predicted octanol–water partition coefficient (Wildman–Crippen LogP) is 15.7. The highest BCUT2D eigenvalue weighted by Gasteiger charge is 2.45. The average Bonchev–Trinajstić information content (AvgIpc) is 3.62. The Labute approximate surface area is 367 Å². The molecule has 1 aliphatic rings. The van der Waals surface area contributed by atoms with Gasteiger partial charge in [0.25, 0.3) is 0 Å². The molecule has 0 saturated heterocycles. The van der Waals surface area contributed by atoms with E-state index in [9.17, 15) is 0 Å². The Morgan fingerprint density at radius 2 is 0.774 bits per heavy atom. The van der Waals surface area contributed by atoms with Crippen molar-refractivity contribution in [1.29, 1.82) is 0 Å². The first kappa shape index (κ1) is 38.9. The van der Waals surface area contributed by atoms with Gasteiger partial charge in [0.1, 0.15) is 0 Å². The summed E-state index contributed by atoms with van der Waals surface area (Å²) in [7, 11) is 0. The van der Waals surface area contributed by atoms with Crippen LogP contribution >= 0.6 is 0 Å². The Balaban J connectivity index is 1.14. The van der Waals surface area contributed by atoms with Crippen LogP contribution in [0.1, 0.15) is 70.8 Å². The van der Waals surface area contributed by atoms with Crippen LogP contribution in [-0.4, -0.2) is 0 Å². The van der Waals surface area contributed by atoms with Crippen LogP contribution in [0.5, 0.6) is 0 Å². The van der Waals surface area contributed by atoms with Crippen molar-refractivity contribution in [3.8, 4) is 22.3 Å². The molecule has 0 aromatic heterocycles. The van der Waals surface area contributed by atoms with Gasteiger partial charge in [0.15, 0.2) is 0 Å². The van der Waals surface area contributed by atoms with Gasteiger partial charge in [0.2, 0.25) is 0 Å². The van der Waals surface area contributed by atoms with Gasteiger partial charge in [-0.15, -0.1) is 0 Å². The molecule has 0 radical (unpaired) electrons. The highest BCUT2D eigenvalue weighted by molar-refractivity contribution is 5.87. The van der Waals surface area contributed by atoms with Crippen LogP contribution in [0.15, 0.2) is 231 Å². The molecule has 62 heavy (non-hydrogen) atoms. The minimum absolute atomic E-state index is 0.0439. The van der Waals surface area contributed by atoms with E-state index in [1.165, 1.54) is 72.3 Å². The van der Waals surface area contributed by atoms with E-state index in [0.717, 1.165) is 29.9 Å². The van der Waals surface area contributed by atoms with Gasteiger partial charge in [-0.2, -0.15) is 0 Å². The molecule has 0 amide bonds. The molecular formula is C61H51N. The number of hydrogen-bond donors (Lipinski definition) is 0. The zero-order chi connectivity index (χ0) is 42.1. The molecule has 10 rings (SSSR count). The summed E-state index contributed by atoms with van der Waals surface area (Å²) in [4.78, 5) is 2.44. The van der Waals surface area contributed by atoms with Gasteiger partial charge in [0.05, 0.1) is 5.41 Å². The van der Waals surface area contributed by atoms with Gasteiger partial charge in [-0.25, -0.2) is 0 Å². The predicted molar refractivity (Wildman–Crippen MR) is 261 cm³/mol. The molecule has 300 valence electrons. The third-order valence-corrected chi connectivity index (χ3v) is 12.8. The van der Waals surface area contributed by atoms with Crippen LogP contribution in [-0.2, 0) is 23.7 Å². The summed E-state index contributed by atoms with van der Waals surface area (Å²) < 4.78 is 0. The molecule has 0 bridgehead atoms. The molecule has 1 nitrogen and oxygen atoms in total. The lowest BCUT2D eigenvalue weighted by Crippen LogP contribution is -2.28. The van der Waals surface area contributed by atoms with E-state index in [4.69, 9.17) is 0 Å². The molecule has 0 saturated carbocycles. The van der Waals surface area contributed by atoms with Crippen molar-refractivity contribution in [2.45, 2.75) is 44.4 Å². The number of benzene rings is 9. The fourth-order valence-corrected chi connectivity index (χ4v) is 9.83. The van der Waals surface area contributed by atoms with E-state index < -0.39 is 5.41 Å². The Morgan fingerprint density at radius 3 is 1.34 bits per heavy atom. The van der Waals surface area contributed by atoms with Crippen LogP contribution in [0.3, 0.4) is 0 Å². The van der Waals surface area contributed by atoms with E-state index >= 15 is 0 Å². The molecular weight excluding hydrogens is 747 g/mol. The molecule has 1 aliphatic carbocycles. The summed E-state index contributed by atoms with van der Waals surface area (Å²) in [6, 6.07) is 85.4. The lowest BCUT2D eigenvalue weighted by Gasteiger charge is -2.34. The van der Waals surface area contributed by atoms with E-state index in [2.05, 4.69) is 256 Å².